The Balaban J connectivity index is 2.34. The number of halogens is 1. The van der Waals surface area contributed by atoms with Gasteiger partial charge in [0.15, 0.2) is 0 Å². The van der Waals surface area contributed by atoms with Crippen molar-refractivity contribution in [1.29, 1.82) is 0 Å². The number of rotatable bonds is 2. The van der Waals surface area contributed by atoms with E-state index >= 15 is 0 Å². The SMILES string of the molecule is CC1CCN(c2cccc(F)c2C(N)=S)CC1O. The number of aliphatic hydroxyl groups is 1. The highest BCUT2D eigenvalue weighted by molar-refractivity contribution is 7.80. The predicted octanol–water partition coefficient (Wildman–Crippen LogP) is 1.67. The highest BCUT2D eigenvalue weighted by Crippen LogP contribution is 2.28. The summed E-state index contributed by atoms with van der Waals surface area (Å²) in [6.07, 6.45) is 0.468. The molecule has 0 saturated carbocycles. The summed E-state index contributed by atoms with van der Waals surface area (Å²) in [6, 6.07) is 4.78. The summed E-state index contributed by atoms with van der Waals surface area (Å²) in [7, 11) is 0. The van der Waals surface area contributed by atoms with Crippen molar-refractivity contribution < 1.29 is 9.50 Å². The first-order valence-electron chi connectivity index (χ1n) is 6.02. The average molecular weight is 268 g/mol. The highest BCUT2D eigenvalue weighted by atomic mass is 32.1. The number of β-amino-alcohol motifs (C(OH)–C–C–N with tert-alkyl or cyclic N) is 1. The summed E-state index contributed by atoms with van der Waals surface area (Å²) < 4.78 is 13.8. The summed E-state index contributed by atoms with van der Waals surface area (Å²) in [5, 5.41) is 9.91. The van der Waals surface area contributed by atoms with Crippen molar-refractivity contribution >= 4 is 22.9 Å². The summed E-state index contributed by atoms with van der Waals surface area (Å²) >= 11 is 4.91. The average Bonchev–Trinajstić information content (AvgIpc) is 2.32. The third-order valence-electron chi connectivity index (χ3n) is 3.50. The van der Waals surface area contributed by atoms with Gasteiger partial charge in [-0.3, -0.25) is 0 Å². The van der Waals surface area contributed by atoms with Gasteiger partial charge in [-0.2, -0.15) is 0 Å². The molecule has 3 N–H and O–H groups in total. The van der Waals surface area contributed by atoms with Crippen molar-refractivity contribution in [2.75, 3.05) is 18.0 Å². The first-order valence-corrected chi connectivity index (χ1v) is 6.43. The Bertz CT molecular complexity index is 466. The normalized spacial score (nSPS) is 24.1. The molecule has 1 aliphatic heterocycles. The van der Waals surface area contributed by atoms with Crippen LogP contribution < -0.4 is 10.6 Å². The smallest absolute Gasteiger partial charge is 0.135 e. The van der Waals surface area contributed by atoms with E-state index in [2.05, 4.69) is 0 Å². The fourth-order valence-corrected chi connectivity index (χ4v) is 2.49. The molecule has 0 bridgehead atoms. The number of thiocarbonyl (C=S) groups is 1. The molecule has 0 amide bonds. The van der Waals surface area contributed by atoms with Crippen LogP contribution in [0.25, 0.3) is 0 Å². The number of hydrogen-bond acceptors (Lipinski definition) is 3. The minimum absolute atomic E-state index is 0.0520. The molecule has 5 heteroatoms. The maximum absolute atomic E-state index is 13.8. The van der Waals surface area contributed by atoms with E-state index in [1.165, 1.54) is 6.07 Å². The number of benzene rings is 1. The molecule has 2 rings (SSSR count). The molecule has 1 saturated heterocycles. The predicted molar refractivity (Wildman–Crippen MR) is 74.3 cm³/mol. The lowest BCUT2D eigenvalue weighted by Crippen LogP contribution is -2.43. The van der Waals surface area contributed by atoms with E-state index in [1.54, 1.807) is 12.1 Å². The van der Waals surface area contributed by atoms with E-state index < -0.39 is 11.9 Å². The Morgan fingerprint density at radius 2 is 2.28 bits per heavy atom. The quantitative estimate of drug-likeness (QED) is 0.801. The molecule has 0 aliphatic carbocycles. The molecule has 98 valence electrons. The topological polar surface area (TPSA) is 49.5 Å². The number of piperidine rings is 1. The lowest BCUT2D eigenvalue weighted by atomic mass is 9.95. The number of anilines is 1. The molecular formula is C13H17FN2OS. The van der Waals surface area contributed by atoms with Crippen LogP contribution in [0.3, 0.4) is 0 Å². The van der Waals surface area contributed by atoms with E-state index in [0.717, 1.165) is 13.0 Å². The van der Waals surface area contributed by atoms with Gasteiger partial charge in [-0.25, -0.2) is 4.39 Å². The zero-order chi connectivity index (χ0) is 13.3. The van der Waals surface area contributed by atoms with Crippen LogP contribution in [0.2, 0.25) is 0 Å². The van der Waals surface area contributed by atoms with E-state index in [9.17, 15) is 9.50 Å². The standard InChI is InChI=1S/C13H17FN2OS/c1-8-5-6-16(7-11(8)17)10-4-2-3-9(14)12(10)13(15)18/h2-4,8,11,17H,5-7H2,1H3,(H2,15,18). The van der Waals surface area contributed by atoms with Gasteiger partial charge >= 0.3 is 0 Å². The van der Waals surface area contributed by atoms with Crippen LogP contribution in [0.4, 0.5) is 10.1 Å². The monoisotopic (exact) mass is 268 g/mol. The van der Waals surface area contributed by atoms with E-state index in [0.29, 0.717) is 12.2 Å². The Morgan fingerprint density at radius 1 is 1.56 bits per heavy atom. The number of hydrogen-bond donors (Lipinski definition) is 2. The third kappa shape index (κ3) is 2.47. The molecule has 1 aromatic carbocycles. The highest BCUT2D eigenvalue weighted by Gasteiger charge is 2.26. The molecular weight excluding hydrogens is 251 g/mol. The van der Waals surface area contributed by atoms with Crippen molar-refractivity contribution in [3.8, 4) is 0 Å². The van der Waals surface area contributed by atoms with Crippen LogP contribution >= 0.6 is 12.2 Å². The first kappa shape index (κ1) is 13.2. The van der Waals surface area contributed by atoms with Crippen LogP contribution in [-0.2, 0) is 0 Å². The Morgan fingerprint density at radius 3 is 2.89 bits per heavy atom. The van der Waals surface area contributed by atoms with Gasteiger partial charge in [0, 0.05) is 18.8 Å². The second-order valence-electron chi connectivity index (χ2n) is 4.78. The minimum Gasteiger partial charge on any atom is -0.391 e. The first-order chi connectivity index (χ1) is 8.50. The van der Waals surface area contributed by atoms with E-state index in [4.69, 9.17) is 18.0 Å². The molecule has 1 aliphatic rings. The molecule has 1 heterocycles. The second-order valence-corrected chi connectivity index (χ2v) is 5.22. The summed E-state index contributed by atoms with van der Waals surface area (Å²) in [4.78, 5) is 2.00. The largest absolute Gasteiger partial charge is 0.391 e. The Labute approximate surface area is 111 Å². The maximum atomic E-state index is 13.8. The number of nitrogens with zero attached hydrogens (tertiary/aromatic N) is 1. The lowest BCUT2D eigenvalue weighted by Gasteiger charge is -2.36. The molecule has 0 aromatic heterocycles. The lowest BCUT2D eigenvalue weighted by molar-refractivity contribution is 0.103. The van der Waals surface area contributed by atoms with Gasteiger partial charge in [0.25, 0.3) is 0 Å². The van der Waals surface area contributed by atoms with Crippen molar-refractivity contribution in [2.24, 2.45) is 11.7 Å². The molecule has 0 spiro atoms. The van der Waals surface area contributed by atoms with Gasteiger partial charge in [0.1, 0.15) is 10.8 Å². The zero-order valence-electron chi connectivity index (χ0n) is 10.3. The van der Waals surface area contributed by atoms with Gasteiger partial charge in [-0.05, 0) is 24.5 Å². The second kappa shape index (κ2) is 5.20. The molecule has 1 aromatic rings. The van der Waals surface area contributed by atoms with Crippen LogP contribution in [-0.4, -0.2) is 29.3 Å². The molecule has 0 radical (unpaired) electrons. The van der Waals surface area contributed by atoms with Gasteiger partial charge < -0.3 is 15.7 Å². The van der Waals surface area contributed by atoms with Crippen LogP contribution in [0.5, 0.6) is 0 Å². The minimum atomic E-state index is -0.409. The summed E-state index contributed by atoms with van der Waals surface area (Å²) in [5.74, 6) is -0.142. The van der Waals surface area contributed by atoms with E-state index in [1.807, 2.05) is 11.8 Å². The van der Waals surface area contributed by atoms with Crippen molar-refractivity contribution in [1.82, 2.24) is 0 Å². The van der Waals surface area contributed by atoms with Gasteiger partial charge in [0.2, 0.25) is 0 Å². The molecule has 18 heavy (non-hydrogen) atoms. The van der Waals surface area contributed by atoms with Gasteiger partial charge in [-0.1, -0.05) is 25.2 Å². The van der Waals surface area contributed by atoms with Crippen LogP contribution in [0.1, 0.15) is 18.9 Å². The molecule has 1 fully saturated rings. The van der Waals surface area contributed by atoms with Gasteiger partial charge in [0.05, 0.1) is 11.7 Å². The maximum Gasteiger partial charge on any atom is 0.135 e. The van der Waals surface area contributed by atoms with Crippen LogP contribution in [0.15, 0.2) is 18.2 Å². The summed E-state index contributed by atoms with van der Waals surface area (Å²) in [5.41, 5.74) is 6.53. The number of nitrogens with two attached hydrogens (primary N) is 1. The Hall–Kier alpha value is -1.20. The van der Waals surface area contributed by atoms with E-state index in [-0.39, 0.29) is 16.5 Å². The fourth-order valence-electron chi connectivity index (χ4n) is 2.29. The fraction of sp³-hybridized carbons (Fsp3) is 0.462. The Kier molecular flexibility index (Phi) is 3.82. The molecule has 3 nitrogen and oxygen atoms in total. The third-order valence-corrected chi connectivity index (χ3v) is 3.70. The summed E-state index contributed by atoms with van der Waals surface area (Å²) in [6.45, 7) is 3.28. The molecule has 2 unspecified atom stereocenters. The van der Waals surface area contributed by atoms with Crippen LogP contribution in [0, 0.1) is 11.7 Å². The van der Waals surface area contributed by atoms with Crippen molar-refractivity contribution in [3.05, 3.63) is 29.6 Å². The number of aliphatic hydroxyl groups excluding tert-OH is 1. The van der Waals surface area contributed by atoms with Crippen molar-refractivity contribution in [3.63, 3.8) is 0 Å². The zero-order valence-corrected chi connectivity index (χ0v) is 11.1. The van der Waals surface area contributed by atoms with Gasteiger partial charge in [-0.15, -0.1) is 0 Å². The van der Waals surface area contributed by atoms with Crippen molar-refractivity contribution in [2.45, 2.75) is 19.4 Å². The molecule has 2 atom stereocenters.